The van der Waals surface area contributed by atoms with Crippen molar-refractivity contribution in [2.75, 3.05) is 18.9 Å². The Bertz CT molecular complexity index is 850. The summed E-state index contributed by atoms with van der Waals surface area (Å²) in [5, 5.41) is 13.6. The third-order valence-electron chi connectivity index (χ3n) is 3.43. The highest BCUT2D eigenvalue weighted by Gasteiger charge is 2.12. The normalized spacial score (nSPS) is 10.5. The molecule has 0 aliphatic heterocycles. The van der Waals surface area contributed by atoms with Gasteiger partial charge in [-0.1, -0.05) is 23.7 Å². The number of carbonyl (C=O) groups excluding carboxylic acids is 2. The van der Waals surface area contributed by atoms with Crippen LogP contribution in [0.3, 0.4) is 0 Å². The Morgan fingerprint density at radius 3 is 2.46 bits per heavy atom. The van der Waals surface area contributed by atoms with Gasteiger partial charge in [0, 0.05) is 25.3 Å². The molecule has 8 heteroatoms. The maximum Gasteiger partial charge on any atom is 0.269 e. The first-order valence-corrected chi connectivity index (χ1v) is 7.96. The minimum absolute atomic E-state index is 0.0261. The molecule has 0 unspecified atom stereocenters. The Hall–Kier alpha value is -3.19. The molecule has 0 radical (unpaired) electrons. The zero-order chi connectivity index (χ0) is 19.1. The Morgan fingerprint density at radius 2 is 1.85 bits per heavy atom. The molecule has 0 spiro atoms. The van der Waals surface area contributed by atoms with Gasteiger partial charge in [0.15, 0.2) is 0 Å². The van der Waals surface area contributed by atoms with Crippen LogP contribution in [0.2, 0.25) is 5.02 Å². The molecule has 134 valence electrons. The van der Waals surface area contributed by atoms with Crippen molar-refractivity contribution < 1.29 is 14.5 Å². The van der Waals surface area contributed by atoms with E-state index in [9.17, 15) is 19.7 Å². The molecule has 0 saturated heterocycles. The van der Waals surface area contributed by atoms with Crippen LogP contribution in [-0.4, -0.2) is 35.2 Å². The molecule has 26 heavy (non-hydrogen) atoms. The highest BCUT2D eigenvalue weighted by atomic mass is 35.5. The fourth-order valence-corrected chi connectivity index (χ4v) is 2.23. The number of non-ortho nitro benzene ring substituents is 1. The molecular formula is C18H16ClN3O4. The molecule has 0 bridgehead atoms. The fourth-order valence-electron chi connectivity index (χ4n) is 2.05. The molecule has 0 aromatic heterocycles. The molecule has 0 saturated carbocycles. The number of nitrogens with zero attached hydrogens (tertiary/aromatic N) is 2. The summed E-state index contributed by atoms with van der Waals surface area (Å²) in [7, 11) is 1.49. The van der Waals surface area contributed by atoms with E-state index >= 15 is 0 Å². The molecule has 0 fully saturated rings. The number of amides is 2. The molecular weight excluding hydrogens is 358 g/mol. The minimum atomic E-state index is -0.496. The molecule has 1 N–H and O–H groups in total. The predicted molar refractivity (Wildman–Crippen MR) is 99.8 cm³/mol. The van der Waals surface area contributed by atoms with Crippen LogP contribution in [0.1, 0.15) is 5.56 Å². The number of halogens is 1. The van der Waals surface area contributed by atoms with Gasteiger partial charge in [-0.15, -0.1) is 0 Å². The van der Waals surface area contributed by atoms with Crippen LogP contribution in [0.5, 0.6) is 0 Å². The van der Waals surface area contributed by atoms with Crippen molar-refractivity contribution in [2.45, 2.75) is 0 Å². The lowest BCUT2D eigenvalue weighted by molar-refractivity contribution is -0.384. The molecule has 0 aliphatic rings. The van der Waals surface area contributed by atoms with Crippen LogP contribution in [0, 0.1) is 10.1 Å². The Labute approximate surface area is 155 Å². The quantitative estimate of drug-likeness (QED) is 0.477. The van der Waals surface area contributed by atoms with Crippen LogP contribution < -0.4 is 5.32 Å². The maximum absolute atomic E-state index is 12.1. The lowest BCUT2D eigenvalue weighted by Crippen LogP contribution is -2.33. The molecule has 0 atom stereocenters. The molecule has 2 aromatic carbocycles. The van der Waals surface area contributed by atoms with E-state index in [1.54, 1.807) is 24.3 Å². The van der Waals surface area contributed by atoms with E-state index in [1.807, 2.05) is 0 Å². The van der Waals surface area contributed by atoms with Gasteiger partial charge in [-0.3, -0.25) is 19.7 Å². The largest absolute Gasteiger partial charge is 0.333 e. The number of rotatable bonds is 6. The van der Waals surface area contributed by atoms with Crippen LogP contribution in [0.25, 0.3) is 6.08 Å². The zero-order valence-electron chi connectivity index (χ0n) is 13.9. The van der Waals surface area contributed by atoms with Crippen molar-refractivity contribution in [3.05, 3.63) is 75.3 Å². The SMILES string of the molecule is CN(CC(=O)Nc1ccccc1Cl)C(=O)/C=C/c1ccc([N+](=O)[O-])cc1. The van der Waals surface area contributed by atoms with Crippen LogP contribution in [0.15, 0.2) is 54.6 Å². The first-order chi connectivity index (χ1) is 12.4. The van der Waals surface area contributed by atoms with Crippen molar-refractivity contribution in [3.63, 3.8) is 0 Å². The zero-order valence-corrected chi connectivity index (χ0v) is 14.6. The first kappa shape index (κ1) is 19.1. The van der Waals surface area contributed by atoms with Crippen LogP contribution in [0.4, 0.5) is 11.4 Å². The van der Waals surface area contributed by atoms with Gasteiger partial charge >= 0.3 is 0 Å². The predicted octanol–water partition coefficient (Wildman–Crippen LogP) is 3.36. The number of para-hydroxylation sites is 1. The molecule has 0 heterocycles. The molecule has 2 aromatic rings. The number of nitro benzene ring substituents is 1. The molecule has 7 nitrogen and oxygen atoms in total. The maximum atomic E-state index is 12.1. The van der Waals surface area contributed by atoms with E-state index in [4.69, 9.17) is 11.6 Å². The van der Waals surface area contributed by atoms with Crippen molar-refractivity contribution >= 4 is 40.9 Å². The lowest BCUT2D eigenvalue weighted by atomic mass is 10.2. The number of nitrogens with one attached hydrogen (secondary N) is 1. The van der Waals surface area contributed by atoms with Gasteiger partial charge in [-0.05, 0) is 35.9 Å². The standard InChI is InChI=1S/C18H16ClN3O4/c1-21(12-17(23)20-16-5-3-2-4-15(16)19)18(24)11-8-13-6-9-14(10-7-13)22(25)26/h2-11H,12H2,1H3,(H,20,23)/b11-8+. The van der Waals surface area contributed by atoms with Gasteiger partial charge < -0.3 is 10.2 Å². The Kier molecular flexibility index (Phi) is 6.46. The molecule has 0 aliphatic carbocycles. The van der Waals surface area contributed by atoms with E-state index in [1.165, 1.54) is 48.4 Å². The van der Waals surface area contributed by atoms with E-state index in [0.29, 0.717) is 16.3 Å². The number of benzene rings is 2. The van der Waals surface area contributed by atoms with Crippen LogP contribution in [-0.2, 0) is 9.59 Å². The monoisotopic (exact) mass is 373 g/mol. The van der Waals surface area contributed by atoms with E-state index in [0.717, 1.165) is 0 Å². The van der Waals surface area contributed by atoms with Crippen molar-refractivity contribution in [1.29, 1.82) is 0 Å². The minimum Gasteiger partial charge on any atom is -0.333 e. The number of nitro groups is 1. The number of anilines is 1. The lowest BCUT2D eigenvalue weighted by Gasteiger charge is -2.15. The first-order valence-electron chi connectivity index (χ1n) is 7.59. The third kappa shape index (κ3) is 5.42. The second-order valence-electron chi connectivity index (χ2n) is 5.40. The average Bonchev–Trinajstić information content (AvgIpc) is 2.61. The fraction of sp³-hybridized carbons (Fsp3) is 0.111. The van der Waals surface area contributed by atoms with Gasteiger partial charge in [-0.25, -0.2) is 0 Å². The van der Waals surface area contributed by atoms with Crippen molar-refractivity contribution in [2.24, 2.45) is 0 Å². The Balaban J connectivity index is 1.91. The molecule has 2 rings (SSSR count). The smallest absolute Gasteiger partial charge is 0.269 e. The number of hydrogen-bond acceptors (Lipinski definition) is 4. The number of hydrogen-bond donors (Lipinski definition) is 1. The van der Waals surface area contributed by atoms with Crippen molar-refractivity contribution in [1.82, 2.24) is 4.90 Å². The van der Waals surface area contributed by atoms with Gasteiger partial charge in [0.1, 0.15) is 0 Å². The van der Waals surface area contributed by atoms with E-state index in [2.05, 4.69) is 5.32 Å². The summed E-state index contributed by atoms with van der Waals surface area (Å²) < 4.78 is 0. The van der Waals surface area contributed by atoms with Crippen LogP contribution >= 0.6 is 11.6 Å². The van der Waals surface area contributed by atoms with E-state index in [-0.39, 0.29) is 24.0 Å². The number of likely N-dealkylation sites (N-methyl/N-ethyl adjacent to an activating group) is 1. The van der Waals surface area contributed by atoms with Gasteiger partial charge in [-0.2, -0.15) is 0 Å². The number of carbonyl (C=O) groups is 2. The third-order valence-corrected chi connectivity index (χ3v) is 3.76. The highest BCUT2D eigenvalue weighted by Crippen LogP contribution is 2.20. The average molecular weight is 374 g/mol. The highest BCUT2D eigenvalue weighted by molar-refractivity contribution is 6.33. The van der Waals surface area contributed by atoms with Gasteiger partial charge in [0.25, 0.3) is 5.69 Å². The summed E-state index contributed by atoms with van der Waals surface area (Å²) in [6.07, 6.45) is 2.82. The van der Waals surface area contributed by atoms with Crippen molar-refractivity contribution in [3.8, 4) is 0 Å². The Morgan fingerprint density at radius 1 is 1.19 bits per heavy atom. The summed E-state index contributed by atoms with van der Waals surface area (Å²) in [4.78, 5) is 35.4. The topological polar surface area (TPSA) is 92.6 Å². The van der Waals surface area contributed by atoms with Gasteiger partial charge in [0.05, 0.1) is 22.2 Å². The second kappa shape index (κ2) is 8.77. The second-order valence-corrected chi connectivity index (χ2v) is 5.81. The summed E-state index contributed by atoms with van der Waals surface area (Å²) in [6.45, 7) is -0.144. The molecule has 2 amide bonds. The van der Waals surface area contributed by atoms with Gasteiger partial charge in [0.2, 0.25) is 11.8 Å². The summed E-state index contributed by atoms with van der Waals surface area (Å²) in [5.41, 5.74) is 1.08. The summed E-state index contributed by atoms with van der Waals surface area (Å²) in [5.74, 6) is -0.754. The van der Waals surface area contributed by atoms with E-state index < -0.39 is 4.92 Å². The summed E-state index contributed by atoms with van der Waals surface area (Å²) >= 11 is 5.97. The summed E-state index contributed by atoms with van der Waals surface area (Å²) in [6, 6.07) is 12.6.